The average molecular weight is 661 g/mol. The smallest absolute Gasteiger partial charge is 0.135 e. The number of furan rings is 1. The third-order valence-corrected chi connectivity index (χ3v) is 11.2. The summed E-state index contributed by atoms with van der Waals surface area (Å²) in [7, 11) is 0. The molecule has 12 rings (SSSR count). The Morgan fingerprint density at radius 3 is 1.90 bits per heavy atom. The largest absolute Gasteiger partial charge is 0.456 e. The van der Waals surface area contributed by atoms with Crippen LogP contribution < -0.4 is 4.74 Å². The zero-order chi connectivity index (χ0) is 33.9. The molecule has 2 nitrogen and oxygen atoms in total. The van der Waals surface area contributed by atoms with Crippen LogP contribution in [0.1, 0.15) is 0 Å². The van der Waals surface area contributed by atoms with Crippen molar-refractivity contribution in [2.45, 2.75) is 0 Å². The first-order chi connectivity index (χ1) is 25.7. The van der Waals surface area contributed by atoms with Crippen molar-refractivity contribution in [1.29, 1.82) is 0 Å². The molecule has 2 heterocycles. The molecule has 0 amide bonds. The number of hydrogen-bond donors (Lipinski definition) is 0. The number of fused-ring (bicyclic) bond motifs is 12. The van der Waals surface area contributed by atoms with Gasteiger partial charge < -0.3 is 9.15 Å². The molecule has 0 radical (unpaired) electrons. The van der Waals surface area contributed by atoms with Gasteiger partial charge in [0.1, 0.15) is 22.7 Å². The van der Waals surface area contributed by atoms with Crippen molar-refractivity contribution in [2.24, 2.45) is 0 Å². The van der Waals surface area contributed by atoms with Gasteiger partial charge in [-0.1, -0.05) is 115 Å². The van der Waals surface area contributed by atoms with E-state index < -0.39 is 0 Å². The van der Waals surface area contributed by atoms with Gasteiger partial charge in [0.15, 0.2) is 0 Å². The van der Waals surface area contributed by atoms with Crippen molar-refractivity contribution >= 4 is 75.8 Å². The van der Waals surface area contributed by atoms with Gasteiger partial charge in [-0.25, -0.2) is 0 Å². The fourth-order valence-corrected chi connectivity index (χ4v) is 8.78. The van der Waals surface area contributed by atoms with E-state index in [1.54, 1.807) is 0 Å². The van der Waals surface area contributed by atoms with E-state index in [1.165, 1.54) is 65.2 Å². The Morgan fingerprint density at radius 2 is 0.962 bits per heavy atom. The molecule has 1 aliphatic rings. The molecule has 0 unspecified atom stereocenters. The molecule has 1 aromatic heterocycles. The van der Waals surface area contributed by atoms with E-state index in [9.17, 15) is 0 Å². The van der Waals surface area contributed by atoms with Crippen LogP contribution in [0.25, 0.3) is 109 Å². The van der Waals surface area contributed by atoms with Crippen LogP contribution in [0.3, 0.4) is 0 Å². The Kier molecular flexibility index (Phi) is 5.53. The SMILES string of the molecule is c1ccc2c(c1)ccc1cc(-c3cc4c5cccc6c5c(cc4c4ccccc34)-c3ccc(-c4ccc5oc7ccccc7c5c4)cc3O6)ccc12. The summed E-state index contributed by atoms with van der Waals surface area (Å²) in [6.07, 6.45) is 0. The summed E-state index contributed by atoms with van der Waals surface area (Å²) in [4.78, 5) is 0. The standard InChI is InChI=1S/C50H28O2/c1-2-9-34-29(8-1)16-17-32-24-33(19-21-35(32)34)41-27-43-40-13-7-15-48-50(40)45(28-42(43)37-11-4-3-10-36(37)41)39-22-18-31(26-49(39)52-48)30-20-23-47-44(25-30)38-12-5-6-14-46(38)51-47/h1-28H. The molecule has 11 aromatic rings. The van der Waals surface area contributed by atoms with Gasteiger partial charge in [0.2, 0.25) is 0 Å². The van der Waals surface area contributed by atoms with E-state index in [4.69, 9.17) is 9.15 Å². The molecule has 0 atom stereocenters. The fraction of sp³-hybridized carbons (Fsp3) is 0. The van der Waals surface area contributed by atoms with Gasteiger partial charge in [0.25, 0.3) is 0 Å². The second-order valence-electron chi connectivity index (χ2n) is 14.0. The Bertz CT molecular complexity index is 3330. The highest BCUT2D eigenvalue weighted by Crippen LogP contribution is 2.51. The summed E-state index contributed by atoms with van der Waals surface area (Å²) in [5.74, 6) is 1.77. The molecule has 10 aromatic carbocycles. The minimum absolute atomic E-state index is 0.874. The quantitative estimate of drug-likeness (QED) is 0.172. The minimum atomic E-state index is 0.874. The molecule has 0 aliphatic carbocycles. The highest BCUT2D eigenvalue weighted by molar-refractivity contribution is 6.25. The number of benzene rings is 10. The lowest BCUT2D eigenvalue weighted by Gasteiger charge is -2.24. The van der Waals surface area contributed by atoms with Gasteiger partial charge in [-0.2, -0.15) is 0 Å². The normalized spacial score (nSPS) is 12.4. The second kappa shape index (κ2) is 10.3. The van der Waals surface area contributed by atoms with E-state index in [-0.39, 0.29) is 0 Å². The van der Waals surface area contributed by atoms with Gasteiger partial charge in [-0.15, -0.1) is 0 Å². The van der Waals surface area contributed by atoms with E-state index in [2.05, 4.69) is 158 Å². The summed E-state index contributed by atoms with van der Waals surface area (Å²) in [6.45, 7) is 0. The maximum atomic E-state index is 6.77. The van der Waals surface area contributed by atoms with E-state index in [1.807, 2.05) is 12.1 Å². The predicted octanol–water partition coefficient (Wildman–Crippen LogP) is 14.5. The van der Waals surface area contributed by atoms with Crippen molar-refractivity contribution in [1.82, 2.24) is 0 Å². The summed E-state index contributed by atoms with van der Waals surface area (Å²) >= 11 is 0. The molecule has 0 fully saturated rings. The Balaban J connectivity index is 1.05. The number of rotatable bonds is 2. The van der Waals surface area contributed by atoms with Crippen LogP contribution in [0.5, 0.6) is 11.5 Å². The fourth-order valence-electron chi connectivity index (χ4n) is 8.78. The molecule has 1 aliphatic heterocycles. The first-order valence-electron chi connectivity index (χ1n) is 17.8. The van der Waals surface area contributed by atoms with Gasteiger partial charge in [-0.3, -0.25) is 0 Å². The highest BCUT2D eigenvalue weighted by atomic mass is 16.5. The van der Waals surface area contributed by atoms with Crippen molar-refractivity contribution in [2.75, 3.05) is 0 Å². The summed E-state index contributed by atoms with van der Waals surface area (Å²) < 4.78 is 12.9. The maximum absolute atomic E-state index is 6.77. The van der Waals surface area contributed by atoms with Crippen LogP contribution in [0.4, 0.5) is 0 Å². The number of para-hydroxylation sites is 1. The van der Waals surface area contributed by atoms with E-state index in [0.717, 1.165) is 55.5 Å². The number of hydrogen-bond acceptors (Lipinski definition) is 2. The molecule has 2 heteroatoms. The summed E-state index contributed by atoms with van der Waals surface area (Å²) in [5, 5.41) is 14.7. The van der Waals surface area contributed by atoms with Gasteiger partial charge in [-0.05, 0) is 131 Å². The van der Waals surface area contributed by atoms with Crippen molar-refractivity contribution in [3.05, 3.63) is 170 Å². The first-order valence-corrected chi connectivity index (χ1v) is 17.8. The molecule has 0 saturated heterocycles. The molecule has 240 valence electrons. The third-order valence-electron chi connectivity index (χ3n) is 11.2. The summed E-state index contributed by atoms with van der Waals surface area (Å²) in [6, 6.07) is 61.5. The third kappa shape index (κ3) is 3.89. The Morgan fingerprint density at radius 1 is 0.288 bits per heavy atom. The van der Waals surface area contributed by atoms with E-state index in [0.29, 0.717) is 0 Å². The first kappa shape index (κ1) is 27.9. The monoisotopic (exact) mass is 660 g/mol. The van der Waals surface area contributed by atoms with Crippen molar-refractivity contribution in [3.8, 4) is 44.9 Å². The predicted molar refractivity (Wildman–Crippen MR) is 218 cm³/mol. The van der Waals surface area contributed by atoms with E-state index >= 15 is 0 Å². The van der Waals surface area contributed by atoms with Crippen LogP contribution in [0, 0.1) is 0 Å². The molecule has 0 saturated carbocycles. The summed E-state index contributed by atoms with van der Waals surface area (Å²) in [5.41, 5.74) is 8.83. The zero-order valence-electron chi connectivity index (χ0n) is 28.0. The second-order valence-corrected chi connectivity index (χ2v) is 14.0. The molecule has 0 N–H and O–H groups in total. The van der Waals surface area contributed by atoms with Gasteiger partial charge in [0.05, 0.1) is 0 Å². The average Bonchev–Trinajstić information content (AvgIpc) is 3.58. The molecular weight excluding hydrogens is 633 g/mol. The van der Waals surface area contributed by atoms with Crippen molar-refractivity contribution < 1.29 is 9.15 Å². The topological polar surface area (TPSA) is 22.4 Å². The van der Waals surface area contributed by atoms with Crippen LogP contribution in [-0.4, -0.2) is 0 Å². The molecule has 0 spiro atoms. The molecular formula is C50H28O2. The molecule has 52 heavy (non-hydrogen) atoms. The lowest BCUT2D eigenvalue weighted by Crippen LogP contribution is -1.98. The van der Waals surface area contributed by atoms with Crippen molar-refractivity contribution in [3.63, 3.8) is 0 Å². The molecule has 0 bridgehead atoms. The lowest BCUT2D eigenvalue weighted by molar-refractivity contribution is 0.487. The van der Waals surface area contributed by atoms with Crippen LogP contribution in [0.2, 0.25) is 0 Å². The van der Waals surface area contributed by atoms with Gasteiger partial charge >= 0.3 is 0 Å². The highest BCUT2D eigenvalue weighted by Gasteiger charge is 2.24. The van der Waals surface area contributed by atoms with Crippen LogP contribution >= 0.6 is 0 Å². The Labute approximate surface area is 298 Å². The van der Waals surface area contributed by atoms with Gasteiger partial charge in [0, 0.05) is 21.7 Å². The van der Waals surface area contributed by atoms with Crippen LogP contribution in [0.15, 0.2) is 174 Å². The minimum Gasteiger partial charge on any atom is -0.456 e. The lowest BCUT2D eigenvalue weighted by atomic mass is 9.86. The number of ether oxygens (including phenoxy) is 1. The Hall–Kier alpha value is -6.90. The maximum Gasteiger partial charge on any atom is 0.135 e. The zero-order valence-corrected chi connectivity index (χ0v) is 28.0. The van der Waals surface area contributed by atoms with Crippen LogP contribution in [-0.2, 0) is 0 Å².